The second-order valence-electron chi connectivity index (χ2n) is 9.05. The molecule has 0 aliphatic heterocycles. The number of amides is 1. The van der Waals surface area contributed by atoms with Crippen LogP contribution >= 0.6 is 0 Å². The Morgan fingerprint density at radius 2 is 1.48 bits per heavy atom. The SMILES string of the molecule is O=C(CN(Cc1ccco1)Cc1ccco1)NC12CC3CC(CC(C3)C1)C2. The molecule has 4 aliphatic carbocycles. The lowest BCUT2D eigenvalue weighted by Crippen LogP contribution is -2.60. The van der Waals surface area contributed by atoms with Crippen molar-refractivity contribution in [3.63, 3.8) is 0 Å². The Bertz CT molecular complexity index is 694. The minimum absolute atomic E-state index is 0.0624. The number of carbonyl (C=O) groups excluding carboxylic acids is 1. The van der Waals surface area contributed by atoms with Crippen molar-refractivity contribution in [2.45, 2.75) is 57.2 Å². The van der Waals surface area contributed by atoms with Gasteiger partial charge in [-0.25, -0.2) is 0 Å². The number of hydrogen-bond donors (Lipinski definition) is 1. The number of rotatable bonds is 7. The van der Waals surface area contributed by atoms with Crippen molar-refractivity contribution in [1.82, 2.24) is 10.2 Å². The Kier molecular flexibility index (Phi) is 4.35. The lowest BCUT2D eigenvalue weighted by atomic mass is 9.53. The van der Waals surface area contributed by atoms with Gasteiger partial charge in [0.15, 0.2) is 0 Å². The predicted molar refractivity (Wildman–Crippen MR) is 101 cm³/mol. The summed E-state index contributed by atoms with van der Waals surface area (Å²) in [7, 11) is 0. The second kappa shape index (κ2) is 6.86. The summed E-state index contributed by atoms with van der Waals surface area (Å²) in [6.07, 6.45) is 11.1. The fraction of sp³-hybridized carbons (Fsp3) is 0.591. The number of hydrogen-bond acceptors (Lipinski definition) is 4. The van der Waals surface area contributed by atoms with Crippen LogP contribution in [0.15, 0.2) is 45.6 Å². The molecule has 144 valence electrons. The lowest BCUT2D eigenvalue weighted by molar-refractivity contribution is -0.128. The monoisotopic (exact) mass is 368 g/mol. The van der Waals surface area contributed by atoms with Crippen molar-refractivity contribution in [2.75, 3.05) is 6.54 Å². The summed E-state index contributed by atoms with van der Waals surface area (Å²) in [6.45, 7) is 1.56. The van der Waals surface area contributed by atoms with Crippen LogP contribution in [0.5, 0.6) is 0 Å². The highest BCUT2D eigenvalue weighted by molar-refractivity contribution is 5.79. The number of furan rings is 2. The number of carbonyl (C=O) groups is 1. The summed E-state index contributed by atoms with van der Waals surface area (Å²) in [6, 6.07) is 7.67. The molecule has 0 aromatic carbocycles. The van der Waals surface area contributed by atoms with E-state index in [9.17, 15) is 4.79 Å². The summed E-state index contributed by atoms with van der Waals surface area (Å²) in [5.41, 5.74) is 0.0624. The van der Waals surface area contributed by atoms with Crippen LogP contribution in [-0.2, 0) is 17.9 Å². The van der Waals surface area contributed by atoms with Gasteiger partial charge in [-0.15, -0.1) is 0 Å². The van der Waals surface area contributed by atoms with E-state index >= 15 is 0 Å². The van der Waals surface area contributed by atoms with E-state index in [0.717, 1.165) is 29.3 Å². The maximum Gasteiger partial charge on any atom is 0.234 e. The van der Waals surface area contributed by atoms with E-state index in [-0.39, 0.29) is 11.4 Å². The first-order valence-electron chi connectivity index (χ1n) is 10.2. The van der Waals surface area contributed by atoms with Crippen LogP contribution < -0.4 is 5.32 Å². The first-order valence-corrected chi connectivity index (χ1v) is 10.2. The normalized spacial score (nSPS) is 31.5. The minimum Gasteiger partial charge on any atom is -0.468 e. The maximum absolute atomic E-state index is 13.0. The molecule has 1 amide bonds. The molecule has 0 saturated heterocycles. The van der Waals surface area contributed by atoms with Crippen LogP contribution in [0.25, 0.3) is 0 Å². The van der Waals surface area contributed by atoms with Gasteiger partial charge in [0.05, 0.1) is 32.2 Å². The third kappa shape index (κ3) is 3.70. The van der Waals surface area contributed by atoms with Gasteiger partial charge < -0.3 is 14.2 Å². The molecule has 4 bridgehead atoms. The van der Waals surface area contributed by atoms with Gasteiger partial charge in [0.1, 0.15) is 11.5 Å². The highest BCUT2D eigenvalue weighted by Gasteiger charge is 2.51. The number of nitrogens with zero attached hydrogens (tertiary/aromatic N) is 1. The highest BCUT2D eigenvalue weighted by Crippen LogP contribution is 2.55. The van der Waals surface area contributed by atoms with E-state index in [1.165, 1.54) is 38.5 Å². The summed E-state index contributed by atoms with van der Waals surface area (Å²) in [5.74, 6) is 4.36. The van der Waals surface area contributed by atoms with Crippen molar-refractivity contribution in [1.29, 1.82) is 0 Å². The topological polar surface area (TPSA) is 58.6 Å². The molecule has 4 fully saturated rings. The van der Waals surface area contributed by atoms with Crippen LogP contribution in [0.1, 0.15) is 50.0 Å². The van der Waals surface area contributed by atoms with Crippen molar-refractivity contribution >= 4 is 5.91 Å². The quantitative estimate of drug-likeness (QED) is 0.804. The van der Waals surface area contributed by atoms with Crippen LogP contribution in [0.3, 0.4) is 0 Å². The maximum atomic E-state index is 13.0. The first-order chi connectivity index (χ1) is 13.2. The van der Waals surface area contributed by atoms with E-state index in [1.54, 1.807) is 12.5 Å². The average molecular weight is 368 g/mol. The summed E-state index contributed by atoms with van der Waals surface area (Å²) < 4.78 is 11.0. The zero-order valence-electron chi connectivity index (χ0n) is 15.7. The van der Waals surface area contributed by atoms with E-state index in [0.29, 0.717) is 19.6 Å². The zero-order chi connectivity index (χ0) is 18.3. The van der Waals surface area contributed by atoms with Crippen LogP contribution in [0.2, 0.25) is 0 Å². The first kappa shape index (κ1) is 17.1. The standard InChI is InChI=1S/C22H28N2O3/c25-21(23-22-10-16-7-17(11-22)9-18(8-16)12-22)15-24(13-19-3-1-5-26-19)14-20-4-2-6-27-20/h1-6,16-18H,7-15H2,(H,23,25). The molecule has 2 heterocycles. The Morgan fingerprint density at radius 1 is 0.963 bits per heavy atom. The Balaban J connectivity index is 1.25. The fourth-order valence-corrected chi connectivity index (χ4v) is 6.22. The van der Waals surface area contributed by atoms with Gasteiger partial charge in [-0.3, -0.25) is 9.69 Å². The Morgan fingerprint density at radius 3 is 1.93 bits per heavy atom. The van der Waals surface area contributed by atoms with Crippen molar-refractivity contribution in [2.24, 2.45) is 17.8 Å². The molecule has 2 aromatic rings. The molecule has 4 aliphatic rings. The van der Waals surface area contributed by atoms with Crippen LogP contribution in [-0.4, -0.2) is 22.9 Å². The van der Waals surface area contributed by atoms with Crippen LogP contribution in [0.4, 0.5) is 0 Å². The van der Waals surface area contributed by atoms with Gasteiger partial charge in [0.2, 0.25) is 5.91 Å². The molecular weight excluding hydrogens is 340 g/mol. The predicted octanol–water partition coefficient (Wildman–Crippen LogP) is 3.96. The molecule has 0 spiro atoms. The molecule has 1 N–H and O–H groups in total. The van der Waals surface area contributed by atoms with Gasteiger partial charge >= 0.3 is 0 Å². The smallest absolute Gasteiger partial charge is 0.234 e. The highest BCUT2D eigenvalue weighted by atomic mass is 16.3. The molecule has 0 radical (unpaired) electrons. The van der Waals surface area contributed by atoms with E-state index < -0.39 is 0 Å². The second-order valence-corrected chi connectivity index (χ2v) is 9.05. The average Bonchev–Trinajstić information content (AvgIpc) is 3.26. The van der Waals surface area contributed by atoms with Crippen molar-refractivity contribution in [3.05, 3.63) is 48.3 Å². The Labute approximate surface area is 160 Å². The van der Waals surface area contributed by atoms with E-state index in [4.69, 9.17) is 8.83 Å². The Hall–Kier alpha value is -2.01. The van der Waals surface area contributed by atoms with Gasteiger partial charge in [0.25, 0.3) is 0 Å². The zero-order valence-corrected chi connectivity index (χ0v) is 15.7. The third-order valence-electron chi connectivity index (χ3n) is 6.73. The van der Waals surface area contributed by atoms with Crippen molar-refractivity contribution < 1.29 is 13.6 Å². The summed E-state index contributed by atoms with van der Waals surface area (Å²) >= 11 is 0. The molecule has 6 rings (SSSR count). The molecule has 5 nitrogen and oxygen atoms in total. The van der Waals surface area contributed by atoms with Gasteiger partial charge in [-0.05, 0) is 80.5 Å². The molecule has 0 unspecified atom stereocenters. The van der Waals surface area contributed by atoms with Crippen LogP contribution in [0, 0.1) is 17.8 Å². The molecule has 27 heavy (non-hydrogen) atoms. The largest absolute Gasteiger partial charge is 0.468 e. The van der Waals surface area contributed by atoms with E-state index in [2.05, 4.69) is 10.2 Å². The van der Waals surface area contributed by atoms with Gasteiger partial charge in [0, 0.05) is 5.54 Å². The van der Waals surface area contributed by atoms with Gasteiger partial charge in [-0.2, -0.15) is 0 Å². The molecule has 5 heteroatoms. The number of nitrogens with one attached hydrogen (secondary N) is 1. The lowest BCUT2D eigenvalue weighted by Gasteiger charge is -2.57. The van der Waals surface area contributed by atoms with E-state index in [1.807, 2.05) is 24.3 Å². The molecule has 0 atom stereocenters. The fourth-order valence-electron chi connectivity index (χ4n) is 6.22. The summed E-state index contributed by atoms with van der Waals surface area (Å²) in [4.78, 5) is 15.1. The molecular formula is C22H28N2O3. The molecule has 2 aromatic heterocycles. The summed E-state index contributed by atoms with van der Waals surface area (Å²) in [5, 5.41) is 3.47. The molecule has 4 saturated carbocycles. The van der Waals surface area contributed by atoms with Crippen molar-refractivity contribution in [3.8, 4) is 0 Å². The third-order valence-corrected chi connectivity index (χ3v) is 6.73. The van der Waals surface area contributed by atoms with Gasteiger partial charge in [-0.1, -0.05) is 0 Å². The minimum atomic E-state index is 0.0624.